The van der Waals surface area contributed by atoms with E-state index in [2.05, 4.69) is 25.6 Å². The summed E-state index contributed by atoms with van der Waals surface area (Å²) in [6, 6.07) is 10.7. The Labute approximate surface area is 171 Å². The number of amides is 2. The molecule has 29 heavy (non-hydrogen) atoms. The summed E-state index contributed by atoms with van der Waals surface area (Å²) in [6.07, 6.45) is 0. The Hall–Kier alpha value is -3.23. The lowest BCUT2D eigenvalue weighted by molar-refractivity contribution is -0.123. The van der Waals surface area contributed by atoms with Crippen LogP contribution < -0.4 is 16.4 Å². The van der Waals surface area contributed by atoms with Gasteiger partial charge in [0, 0.05) is 10.7 Å². The molecule has 4 rings (SSSR count). The van der Waals surface area contributed by atoms with Crippen molar-refractivity contribution in [2.45, 2.75) is 19.4 Å². The highest BCUT2D eigenvalue weighted by Gasteiger charge is 2.52. The Bertz CT molecular complexity index is 1180. The summed E-state index contributed by atoms with van der Waals surface area (Å²) in [6.45, 7) is 3.91. The monoisotopic (exact) mass is 410 g/mol. The van der Waals surface area contributed by atoms with Gasteiger partial charge in [-0.3, -0.25) is 19.9 Å². The highest BCUT2D eigenvalue weighted by atomic mass is 35.5. The number of halogens is 1. The predicted octanol–water partition coefficient (Wildman–Crippen LogP) is 2.15. The third-order valence-corrected chi connectivity index (χ3v) is 5.19. The number of rotatable bonds is 4. The second kappa shape index (κ2) is 6.98. The van der Waals surface area contributed by atoms with Crippen molar-refractivity contribution in [2.24, 2.45) is 10.7 Å². The number of aromatic amines is 1. The fourth-order valence-electron chi connectivity index (χ4n) is 3.49. The molecule has 0 radical (unpaired) electrons. The van der Waals surface area contributed by atoms with Gasteiger partial charge < -0.3 is 16.0 Å². The number of carbonyl (C=O) groups excluding carboxylic acids is 2. The number of nitrogens with zero attached hydrogens (tertiary/aromatic N) is 2. The smallest absolute Gasteiger partial charge is 0.272 e. The largest absolute Gasteiger partial charge is 0.367 e. The minimum Gasteiger partial charge on any atom is -0.367 e. The summed E-state index contributed by atoms with van der Waals surface area (Å²) in [5.41, 5.74) is 7.84. The van der Waals surface area contributed by atoms with E-state index < -0.39 is 17.4 Å². The Balaban J connectivity index is 1.75. The van der Waals surface area contributed by atoms with E-state index in [0.29, 0.717) is 21.7 Å². The zero-order valence-electron chi connectivity index (χ0n) is 15.8. The summed E-state index contributed by atoms with van der Waals surface area (Å²) in [4.78, 5) is 37.4. The molecule has 2 amide bonds. The number of fused-ring (bicyclic) bond motifs is 1. The molecule has 8 nitrogen and oxygen atoms in total. The molecular weight excluding hydrogens is 392 g/mol. The Morgan fingerprint density at radius 3 is 2.72 bits per heavy atom. The number of benzene rings is 2. The van der Waals surface area contributed by atoms with E-state index in [1.165, 1.54) is 0 Å². The number of nitrogens with two attached hydrogens (primary N) is 1. The fraction of sp³-hybridized carbons (Fsp3) is 0.200. The van der Waals surface area contributed by atoms with Crippen molar-refractivity contribution in [1.82, 2.24) is 15.3 Å². The maximum Gasteiger partial charge on any atom is 0.272 e. The third kappa shape index (κ3) is 3.16. The lowest BCUT2D eigenvalue weighted by Crippen LogP contribution is -2.58. The van der Waals surface area contributed by atoms with Crippen LogP contribution in [0.1, 0.15) is 17.0 Å². The zero-order chi connectivity index (χ0) is 20.8. The summed E-state index contributed by atoms with van der Waals surface area (Å²) in [5, 5.41) is 6.27. The van der Waals surface area contributed by atoms with Crippen molar-refractivity contribution in [3.05, 3.63) is 58.4 Å². The highest BCUT2D eigenvalue weighted by molar-refractivity contribution is 6.50. The summed E-state index contributed by atoms with van der Waals surface area (Å²) < 4.78 is 0. The number of aliphatic imine (C=N–C) groups is 1. The van der Waals surface area contributed by atoms with Gasteiger partial charge in [-0.1, -0.05) is 29.3 Å². The molecule has 1 unspecified atom stereocenters. The number of hydrogen-bond donors (Lipinski definition) is 4. The van der Waals surface area contributed by atoms with Crippen molar-refractivity contribution < 1.29 is 9.59 Å². The minimum atomic E-state index is -1.67. The maximum atomic E-state index is 13.1. The van der Waals surface area contributed by atoms with Crippen LogP contribution in [-0.2, 0) is 15.1 Å². The van der Waals surface area contributed by atoms with Crippen LogP contribution in [0.25, 0.3) is 11.0 Å². The van der Waals surface area contributed by atoms with Gasteiger partial charge in [-0.15, -0.1) is 0 Å². The van der Waals surface area contributed by atoms with E-state index in [1.807, 2.05) is 26.0 Å². The molecule has 1 aliphatic heterocycles. The zero-order valence-corrected chi connectivity index (χ0v) is 16.6. The maximum absolute atomic E-state index is 13.1. The molecular formula is C20H19ClN6O2. The molecule has 0 bridgehead atoms. The number of hydrogen-bond acceptors (Lipinski definition) is 5. The van der Waals surface area contributed by atoms with Gasteiger partial charge in [-0.25, -0.2) is 4.98 Å². The fourth-order valence-corrected chi connectivity index (χ4v) is 3.66. The molecule has 0 fully saturated rings. The number of aryl methyl sites for hydroxylation is 2. The Kier molecular flexibility index (Phi) is 4.60. The molecule has 2 heterocycles. The predicted molar refractivity (Wildman–Crippen MR) is 112 cm³/mol. The van der Waals surface area contributed by atoms with Crippen LogP contribution in [0.2, 0.25) is 5.02 Å². The molecule has 0 spiro atoms. The average molecular weight is 411 g/mol. The van der Waals surface area contributed by atoms with Gasteiger partial charge in [0.2, 0.25) is 5.54 Å². The second-order valence-corrected chi connectivity index (χ2v) is 7.41. The van der Waals surface area contributed by atoms with Crippen LogP contribution in [0.15, 0.2) is 41.4 Å². The SMILES string of the molecule is Cc1ccc(NC(=O)C2=NCNC2(C(N)=O)c2nc3ccc(Cl)cc3[nH]2)c(C)c1. The molecule has 148 valence electrons. The second-order valence-electron chi connectivity index (χ2n) is 6.98. The van der Waals surface area contributed by atoms with Gasteiger partial charge in [-0.05, 0) is 43.7 Å². The van der Waals surface area contributed by atoms with E-state index in [9.17, 15) is 9.59 Å². The number of primary amides is 1. The van der Waals surface area contributed by atoms with Crippen molar-refractivity contribution in [2.75, 3.05) is 12.0 Å². The number of carbonyl (C=O) groups is 2. The van der Waals surface area contributed by atoms with Crippen LogP contribution in [0.3, 0.4) is 0 Å². The van der Waals surface area contributed by atoms with Crippen LogP contribution in [0.4, 0.5) is 5.69 Å². The lowest BCUT2D eigenvalue weighted by atomic mass is 9.91. The standard InChI is InChI=1S/C20H19ClN6O2/c1-10-3-5-13(11(2)7-10)25-17(28)16-20(18(22)29,24-9-23-16)19-26-14-6-4-12(21)8-15(14)27-19/h3-8,24H,9H2,1-2H3,(H2,22,29)(H,25,28)(H,26,27). The summed E-state index contributed by atoms with van der Waals surface area (Å²) in [7, 11) is 0. The normalized spacial score (nSPS) is 18.7. The molecule has 0 aliphatic carbocycles. The van der Waals surface area contributed by atoms with Crippen LogP contribution in [0, 0.1) is 13.8 Å². The van der Waals surface area contributed by atoms with E-state index in [1.54, 1.807) is 24.3 Å². The molecule has 0 saturated carbocycles. The number of nitrogens with one attached hydrogen (secondary N) is 3. The van der Waals surface area contributed by atoms with Gasteiger partial charge in [0.1, 0.15) is 11.5 Å². The minimum absolute atomic E-state index is 0.0462. The highest BCUT2D eigenvalue weighted by Crippen LogP contribution is 2.28. The van der Waals surface area contributed by atoms with Crippen LogP contribution >= 0.6 is 11.6 Å². The first kappa shape index (κ1) is 19.1. The molecule has 1 atom stereocenters. The van der Waals surface area contributed by atoms with Gasteiger partial charge in [-0.2, -0.15) is 0 Å². The van der Waals surface area contributed by atoms with Crippen molar-refractivity contribution in [3.8, 4) is 0 Å². The van der Waals surface area contributed by atoms with E-state index in [4.69, 9.17) is 17.3 Å². The third-order valence-electron chi connectivity index (χ3n) is 4.95. The molecule has 1 aliphatic rings. The first-order chi connectivity index (χ1) is 13.8. The van der Waals surface area contributed by atoms with E-state index >= 15 is 0 Å². The number of H-pyrrole nitrogens is 1. The number of imidazole rings is 1. The number of anilines is 1. The van der Waals surface area contributed by atoms with Gasteiger partial charge in [0.15, 0.2) is 0 Å². The van der Waals surface area contributed by atoms with E-state index in [-0.39, 0.29) is 18.2 Å². The van der Waals surface area contributed by atoms with Gasteiger partial charge >= 0.3 is 0 Å². The average Bonchev–Trinajstić information content (AvgIpc) is 3.28. The van der Waals surface area contributed by atoms with Crippen LogP contribution in [0.5, 0.6) is 0 Å². The molecule has 0 saturated heterocycles. The Morgan fingerprint density at radius 2 is 2.00 bits per heavy atom. The Morgan fingerprint density at radius 1 is 1.21 bits per heavy atom. The van der Waals surface area contributed by atoms with Crippen LogP contribution in [-0.4, -0.2) is 34.2 Å². The molecule has 3 aromatic rings. The quantitative estimate of drug-likeness (QED) is 0.525. The lowest BCUT2D eigenvalue weighted by Gasteiger charge is -2.25. The molecule has 5 N–H and O–H groups in total. The topological polar surface area (TPSA) is 125 Å². The van der Waals surface area contributed by atoms with Crippen molar-refractivity contribution >= 4 is 45.8 Å². The van der Waals surface area contributed by atoms with Crippen molar-refractivity contribution in [3.63, 3.8) is 0 Å². The van der Waals surface area contributed by atoms with Crippen molar-refractivity contribution in [1.29, 1.82) is 0 Å². The summed E-state index contributed by atoms with van der Waals surface area (Å²) >= 11 is 6.04. The van der Waals surface area contributed by atoms with E-state index in [0.717, 1.165) is 11.1 Å². The molecule has 9 heteroatoms. The molecule has 1 aromatic heterocycles. The number of aromatic nitrogens is 2. The first-order valence-corrected chi connectivity index (χ1v) is 9.33. The molecule has 2 aromatic carbocycles. The van der Waals surface area contributed by atoms with Gasteiger partial charge in [0.25, 0.3) is 11.8 Å². The summed E-state index contributed by atoms with van der Waals surface area (Å²) in [5.74, 6) is -1.12. The first-order valence-electron chi connectivity index (χ1n) is 8.95. The van der Waals surface area contributed by atoms with Gasteiger partial charge in [0.05, 0.1) is 17.7 Å².